The second kappa shape index (κ2) is 7.22. The Kier molecular flexibility index (Phi) is 5.65. The Balaban J connectivity index is 2.69. The number of carbonyl (C=O) groups excluding carboxylic acids is 3. The summed E-state index contributed by atoms with van der Waals surface area (Å²) in [6, 6.07) is 2.97. The van der Waals surface area contributed by atoms with Crippen molar-refractivity contribution in [1.29, 1.82) is 0 Å². The van der Waals surface area contributed by atoms with Crippen molar-refractivity contribution in [3.63, 3.8) is 0 Å². The van der Waals surface area contributed by atoms with Gasteiger partial charge in [-0.3, -0.25) is 9.59 Å². The molecule has 0 saturated heterocycles. The number of urea groups is 1. The lowest BCUT2D eigenvalue weighted by Gasteiger charge is -2.12. The molecule has 8 heteroatoms. The van der Waals surface area contributed by atoms with Crippen LogP contribution in [0.15, 0.2) is 18.2 Å². The highest BCUT2D eigenvalue weighted by molar-refractivity contribution is 5.97. The van der Waals surface area contributed by atoms with E-state index in [1.165, 1.54) is 24.1 Å². The third kappa shape index (κ3) is 4.75. The van der Waals surface area contributed by atoms with Crippen LogP contribution in [0.2, 0.25) is 0 Å². The number of benzene rings is 1. The van der Waals surface area contributed by atoms with Crippen LogP contribution < -0.4 is 16.0 Å². The fraction of sp³-hybridized carbons (Fsp3) is 0.308. The third-order valence-corrected chi connectivity index (χ3v) is 2.59. The molecule has 0 atom stereocenters. The van der Waals surface area contributed by atoms with Crippen molar-refractivity contribution in [2.24, 2.45) is 0 Å². The molecular weight excluding hydrogens is 279 g/mol. The molecule has 1 aromatic carbocycles. The summed E-state index contributed by atoms with van der Waals surface area (Å²) in [6.45, 7) is -0.164. The first-order chi connectivity index (χ1) is 9.85. The molecule has 0 aromatic heterocycles. The summed E-state index contributed by atoms with van der Waals surface area (Å²) in [5.41, 5.74) is 0.0597. The van der Waals surface area contributed by atoms with Crippen LogP contribution in [-0.4, -0.2) is 50.4 Å². The Morgan fingerprint density at radius 2 is 1.90 bits per heavy atom. The average molecular weight is 296 g/mol. The third-order valence-electron chi connectivity index (χ3n) is 2.59. The SMILES string of the molecule is CNC(=O)c1cc(NC(=O)NCC(=O)N(C)C)ccc1F. The number of hydrogen-bond donors (Lipinski definition) is 3. The maximum atomic E-state index is 13.4. The molecule has 0 radical (unpaired) electrons. The van der Waals surface area contributed by atoms with E-state index in [2.05, 4.69) is 16.0 Å². The number of amides is 4. The topological polar surface area (TPSA) is 90.5 Å². The minimum absolute atomic E-state index is 0.164. The van der Waals surface area contributed by atoms with Gasteiger partial charge in [0.2, 0.25) is 5.91 Å². The van der Waals surface area contributed by atoms with Crippen LogP contribution in [0.3, 0.4) is 0 Å². The van der Waals surface area contributed by atoms with Gasteiger partial charge in [0.05, 0.1) is 12.1 Å². The van der Waals surface area contributed by atoms with Crippen LogP contribution >= 0.6 is 0 Å². The predicted molar refractivity (Wildman–Crippen MR) is 75.5 cm³/mol. The van der Waals surface area contributed by atoms with Gasteiger partial charge in [-0.15, -0.1) is 0 Å². The number of carbonyl (C=O) groups is 3. The van der Waals surface area contributed by atoms with E-state index in [1.807, 2.05) is 0 Å². The van der Waals surface area contributed by atoms with Crippen molar-refractivity contribution in [1.82, 2.24) is 15.5 Å². The van der Waals surface area contributed by atoms with E-state index in [0.29, 0.717) is 0 Å². The number of hydrogen-bond acceptors (Lipinski definition) is 3. The second-order valence-corrected chi connectivity index (χ2v) is 4.37. The van der Waals surface area contributed by atoms with Crippen LogP contribution in [0.1, 0.15) is 10.4 Å². The van der Waals surface area contributed by atoms with Crippen LogP contribution in [0.5, 0.6) is 0 Å². The zero-order chi connectivity index (χ0) is 16.0. The monoisotopic (exact) mass is 296 g/mol. The second-order valence-electron chi connectivity index (χ2n) is 4.37. The Morgan fingerprint density at radius 1 is 1.24 bits per heavy atom. The Bertz CT molecular complexity index is 560. The van der Waals surface area contributed by atoms with Gasteiger partial charge in [-0.2, -0.15) is 0 Å². The molecule has 7 nitrogen and oxygen atoms in total. The summed E-state index contributed by atoms with van der Waals surface area (Å²) in [4.78, 5) is 35.7. The molecule has 114 valence electrons. The minimum Gasteiger partial charge on any atom is -0.355 e. The van der Waals surface area contributed by atoms with Gasteiger partial charge < -0.3 is 20.9 Å². The molecule has 0 unspecified atom stereocenters. The number of anilines is 1. The normalized spacial score (nSPS) is 9.71. The number of likely N-dealkylation sites (N-methyl/N-ethyl adjacent to an activating group) is 1. The van der Waals surface area contributed by atoms with Crippen molar-refractivity contribution < 1.29 is 18.8 Å². The molecule has 0 saturated carbocycles. The Morgan fingerprint density at radius 3 is 2.48 bits per heavy atom. The van der Waals surface area contributed by atoms with Crippen molar-refractivity contribution in [3.05, 3.63) is 29.6 Å². The fourth-order valence-electron chi connectivity index (χ4n) is 1.40. The molecule has 1 aromatic rings. The maximum Gasteiger partial charge on any atom is 0.319 e. The summed E-state index contributed by atoms with van der Waals surface area (Å²) in [7, 11) is 4.51. The number of rotatable bonds is 4. The van der Waals surface area contributed by atoms with Gasteiger partial charge in [-0.05, 0) is 18.2 Å². The van der Waals surface area contributed by atoms with Gasteiger partial charge in [-0.25, -0.2) is 9.18 Å². The van der Waals surface area contributed by atoms with Gasteiger partial charge in [0.1, 0.15) is 5.82 Å². The zero-order valence-electron chi connectivity index (χ0n) is 12.0. The standard InChI is InChI=1S/C13H17FN4O3/c1-15-12(20)9-6-8(4-5-10(9)14)17-13(21)16-7-11(19)18(2)3/h4-6H,7H2,1-3H3,(H,15,20)(H2,16,17,21). The maximum absolute atomic E-state index is 13.4. The van der Waals surface area contributed by atoms with Gasteiger partial charge >= 0.3 is 6.03 Å². The lowest BCUT2D eigenvalue weighted by atomic mass is 10.1. The first kappa shape index (κ1) is 16.4. The number of halogens is 1. The highest BCUT2D eigenvalue weighted by Crippen LogP contribution is 2.14. The first-order valence-corrected chi connectivity index (χ1v) is 6.11. The summed E-state index contributed by atoms with van der Waals surface area (Å²) in [5, 5.41) is 7.07. The molecule has 0 aliphatic carbocycles. The predicted octanol–water partition coefficient (Wildman–Crippen LogP) is 0.395. The molecule has 1 rings (SSSR count). The lowest BCUT2D eigenvalue weighted by molar-refractivity contribution is -0.127. The molecule has 4 amide bonds. The molecule has 0 aliphatic rings. The van der Waals surface area contributed by atoms with E-state index in [0.717, 1.165) is 6.07 Å². The molecule has 0 fully saturated rings. The summed E-state index contributed by atoms with van der Waals surface area (Å²) in [6.07, 6.45) is 0. The molecule has 21 heavy (non-hydrogen) atoms. The van der Waals surface area contributed by atoms with Crippen molar-refractivity contribution >= 4 is 23.5 Å². The van der Waals surface area contributed by atoms with E-state index in [1.54, 1.807) is 14.1 Å². The average Bonchev–Trinajstić information content (AvgIpc) is 2.45. The van der Waals surface area contributed by atoms with E-state index >= 15 is 0 Å². The molecule has 3 N–H and O–H groups in total. The number of nitrogens with one attached hydrogen (secondary N) is 3. The smallest absolute Gasteiger partial charge is 0.319 e. The van der Waals surface area contributed by atoms with E-state index in [9.17, 15) is 18.8 Å². The van der Waals surface area contributed by atoms with Gasteiger partial charge in [0, 0.05) is 26.8 Å². The molecule has 0 bridgehead atoms. The summed E-state index contributed by atoms with van der Waals surface area (Å²) >= 11 is 0. The minimum atomic E-state index is -0.692. The molecule has 0 heterocycles. The molecule has 0 spiro atoms. The van der Waals surface area contributed by atoms with Crippen LogP contribution in [0, 0.1) is 5.82 Å². The van der Waals surface area contributed by atoms with Gasteiger partial charge in [0.25, 0.3) is 5.91 Å². The van der Waals surface area contributed by atoms with Crippen LogP contribution in [-0.2, 0) is 4.79 Å². The first-order valence-electron chi connectivity index (χ1n) is 6.11. The largest absolute Gasteiger partial charge is 0.355 e. The summed E-state index contributed by atoms with van der Waals surface area (Å²) < 4.78 is 13.4. The highest BCUT2D eigenvalue weighted by atomic mass is 19.1. The van der Waals surface area contributed by atoms with E-state index in [4.69, 9.17) is 0 Å². The van der Waals surface area contributed by atoms with Crippen molar-refractivity contribution in [2.45, 2.75) is 0 Å². The quantitative estimate of drug-likeness (QED) is 0.751. The van der Waals surface area contributed by atoms with Crippen LogP contribution in [0.4, 0.5) is 14.9 Å². The molecular formula is C13H17FN4O3. The Hall–Kier alpha value is -2.64. The fourth-order valence-corrected chi connectivity index (χ4v) is 1.40. The highest BCUT2D eigenvalue weighted by Gasteiger charge is 2.12. The zero-order valence-corrected chi connectivity index (χ0v) is 12.0. The van der Waals surface area contributed by atoms with E-state index in [-0.39, 0.29) is 23.7 Å². The van der Waals surface area contributed by atoms with Gasteiger partial charge in [-0.1, -0.05) is 0 Å². The van der Waals surface area contributed by atoms with Crippen molar-refractivity contribution in [2.75, 3.05) is 33.0 Å². The van der Waals surface area contributed by atoms with E-state index < -0.39 is 17.8 Å². The molecule has 0 aliphatic heterocycles. The number of nitrogens with zero attached hydrogens (tertiary/aromatic N) is 1. The van der Waals surface area contributed by atoms with Crippen LogP contribution in [0.25, 0.3) is 0 Å². The summed E-state index contributed by atoms with van der Waals surface area (Å²) in [5.74, 6) is -1.56. The van der Waals surface area contributed by atoms with Gasteiger partial charge in [0.15, 0.2) is 0 Å². The van der Waals surface area contributed by atoms with Crippen molar-refractivity contribution in [3.8, 4) is 0 Å². The Labute approximate surface area is 121 Å². The lowest BCUT2D eigenvalue weighted by Crippen LogP contribution is -2.38.